The quantitative estimate of drug-likeness (QED) is 0.0854. The van der Waals surface area contributed by atoms with E-state index in [9.17, 15) is 9.90 Å². The Kier molecular flexibility index (Phi) is 12.9. The van der Waals surface area contributed by atoms with Crippen LogP contribution in [0.1, 0.15) is 132 Å². The Balaban J connectivity index is 0.000000289. The SMILES string of the molecule is CC(C)CC1c2c(ccc3oc4ncnc(-c5[c-]c6ccsc6c(C(C)(C)C)c5)c4c23)OC1C.CCC(C)(CC)C(=O)/C=C(\O)C(C)(CC)CC.[Ir]. The Hall–Kier alpha value is -3.06. The molecule has 0 bridgehead atoms. The Morgan fingerprint density at radius 1 is 0.981 bits per heavy atom. The molecule has 52 heavy (non-hydrogen) atoms. The number of hydrogen-bond acceptors (Lipinski definition) is 7. The predicted molar refractivity (Wildman–Crippen MR) is 213 cm³/mol. The third-order valence-electron chi connectivity index (χ3n) is 11.5. The van der Waals surface area contributed by atoms with Crippen molar-refractivity contribution in [3.05, 3.63) is 65.0 Å². The van der Waals surface area contributed by atoms with E-state index in [1.54, 1.807) is 17.7 Å². The Bertz CT molecular complexity index is 2060. The van der Waals surface area contributed by atoms with Gasteiger partial charge in [-0.3, -0.25) is 9.78 Å². The van der Waals surface area contributed by atoms with E-state index in [4.69, 9.17) is 14.1 Å². The van der Waals surface area contributed by atoms with E-state index in [1.807, 2.05) is 53.7 Å². The number of nitrogens with zero attached hydrogens (tertiary/aromatic N) is 2. The minimum atomic E-state index is -0.337. The standard InChI is InChI=1S/C29H29N2O2S.C15H28O2.Ir/c1-15(2)11-19-16(3)32-21-7-8-22-24(23(19)21)25-26(30-14-31-28(25)33-22)18-12-17-9-10-34-27(17)20(13-18)29(4,5)6;1-7-14(5,8-2)12(16)11-13(17)15(6,9-3)10-4;/h7-10,13-16,19H,11H2,1-6H3;11,16H,7-10H2,1-6H3;/q-1;;/b;12-11-;. The van der Waals surface area contributed by atoms with E-state index in [0.29, 0.717) is 17.5 Å². The van der Waals surface area contributed by atoms with Crippen LogP contribution in [0.15, 0.2) is 52.2 Å². The van der Waals surface area contributed by atoms with E-state index < -0.39 is 0 Å². The first kappa shape index (κ1) is 41.7. The number of aromatic nitrogens is 2. The number of benzene rings is 2. The van der Waals surface area contributed by atoms with Crippen LogP contribution in [0.2, 0.25) is 0 Å². The third kappa shape index (κ3) is 7.91. The number of aliphatic hydroxyl groups excluding tert-OH is 1. The molecule has 1 radical (unpaired) electrons. The molecule has 1 N–H and O–H groups in total. The summed E-state index contributed by atoms with van der Waals surface area (Å²) in [6, 6.07) is 12.1. The van der Waals surface area contributed by atoms with Crippen LogP contribution in [0.3, 0.4) is 0 Å². The van der Waals surface area contributed by atoms with Gasteiger partial charge in [0.15, 0.2) is 5.78 Å². The molecule has 6 nitrogen and oxygen atoms in total. The summed E-state index contributed by atoms with van der Waals surface area (Å²) in [5.74, 6) is 2.11. The van der Waals surface area contributed by atoms with Gasteiger partial charge in [0.05, 0.1) is 0 Å². The summed E-state index contributed by atoms with van der Waals surface area (Å²) < 4.78 is 13.9. The minimum absolute atomic E-state index is 0. The van der Waals surface area contributed by atoms with Gasteiger partial charge in [0.2, 0.25) is 5.71 Å². The third-order valence-corrected chi connectivity index (χ3v) is 12.5. The topological polar surface area (TPSA) is 85.5 Å². The number of rotatable bonds is 10. The van der Waals surface area contributed by atoms with Crippen LogP contribution >= 0.6 is 11.3 Å². The van der Waals surface area contributed by atoms with Crippen molar-refractivity contribution in [3.63, 3.8) is 0 Å². The minimum Gasteiger partial charge on any atom is -0.512 e. The second kappa shape index (κ2) is 16.1. The maximum absolute atomic E-state index is 12.2. The molecular formula is C44H57IrN2O4S-. The molecule has 0 saturated carbocycles. The van der Waals surface area contributed by atoms with Crippen molar-refractivity contribution < 1.29 is 39.2 Å². The molecule has 5 aromatic rings. The number of ketones is 1. The summed E-state index contributed by atoms with van der Waals surface area (Å²) in [6.07, 6.45) is 7.55. The Morgan fingerprint density at radius 2 is 1.63 bits per heavy atom. The van der Waals surface area contributed by atoms with Crippen LogP contribution in [0.25, 0.3) is 43.4 Å². The molecular weight excluding hydrogens is 845 g/mol. The number of hydrogen-bond donors (Lipinski definition) is 1. The molecule has 1 aliphatic heterocycles. The van der Waals surface area contributed by atoms with Crippen molar-refractivity contribution in [2.75, 3.05) is 0 Å². The maximum Gasteiger partial charge on any atom is 0.223 e. The number of allylic oxidation sites excluding steroid dienone is 2. The number of fused-ring (bicyclic) bond motifs is 6. The molecule has 0 saturated heterocycles. The van der Waals surface area contributed by atoms with Crippen LogP contribution in [0.4, 0.5) is 0 Å². The first-order valence-corrected chi connectivity index (χ1v) is 19.7. The molecule has 2 atom stereocenters. The molecule has 3 aromatic heterocycles. The Morgan fingerprint density at radius 3 is 2.23 bits per heavy atom. The van der Waals surface area contributed by atoms with Gasteiger partial charge in [-0.1, -0.05) is 87.3 Å². The predicted octanol–water partition coefficient (Wildman–Crippen LogP) is 12.9. The largest absolute Gasteiger partial charge is 0.512 e. The van der Waals surface area contributed by atoms with Crippen molar-refractivity contribution in [3.8, 4) is 17.0 Å². The molecule has 2 unspecified atom stereocenters. The monoisotopic (exact) mass is 902 g/mol. The number of ether oxygens (including phenoxy) is 1. The summed E-state index contributed by atoms with van der Waals surface area (Å²) in [7, 11) is 0. The second-order valence-electron chi connectivity index (χ2n) is 16.4. The van der Waals surface area contributed by atoms with Crippen LogP contribution in [0.5, 0.6) is 5.75 Å². The van der Waals surface area contributed by atoms with Gasteiger partial charge in [-0.25, -0.2) is 4.98 Å². The molecule has 4 heterocycles. The van der Waals surface area contributed by atoms with Gasteiger partial charge in [0.1, 0.15) is 29.5 Å². The second-order valence-corrected chi connectivity index (χ2v) is 17.3. The summed E-state index contributed by atoms with van der Waals surface area (Å²) >= 11 is 1.78. The average molecular weight is 902 g/mol. The number of carbonyl (C=O) groups is 1. The van der Waals surface area contributed by atoms with Gasteiger partial charge in [0.25, 0.3) is 0 Å². The van der Waals surface area contributed by atoms with Gasteiger partial charge >= 0.3 is 0 Å². The van der Waals surface area contributed by atoms with Gasteiger partial charge < -0.3 is 14.3 Å². The van der Waals surface area contributed by atoms with E-state index in [1.165, 1.54) is 21.9 Å². The van der Waals surface area contributed by atoms with E-state index in [2.05, 4.69) is 70.1 Å². The van der Waals surface area contributed by atoms with Crippen LogP contribution < -0.4 is 4.74 Å². The van der Waals surface area contributed by atoms with Crippen LogP contribution in [0, 0.1) is 22.8 Å². The molecule has 6 rings (SSSR count). The molecule has 283 valence electrons. The zero-order valence-corrected chi connectivity index (χ0v) is 36.3. The molecule has 8 heteroatoms. The molecule has 0 aliphatic carbocycles. The Labute approximate surface area is 328 Å². The van der Waals surface area contributed by atoms with Crippen LogP contribution in [-0.4, -0.2) is 27.0 Å². The molecule has 0 amide bonds. The van der Waals surface area contributed by atoms with E-state index >= 15 is 0 Å². The number of carbonyl (C=O) groups excluding carboxylic acids is 1. The van der Waals surface area contributed by atoms with Gasteiger partial charge in [-0.2, -0.15) is 11.3 Å². The summed E-state index contributed by atoms with van der Waals surface area (Å²) in [5, 5.41) is 15.5. The summed E-state index contributed by atoms with van der Waals surface area (Å²) in [6.45, 7) is 25.6. The van der Waals surface area contributed by atoms with Gasteiger partial charge in [0, 0.05) is 65.0 Å². The van der Waals surface area contributed by atoms with Crippen molar-refractivity contribution in [2.45, 2.75) is 133 Å². The fourth-order valence-corrected chi connectivity index (χ4v) is 8.16. The van der Waals surface area contributed by atoms with Gasteiger partial charge in [-0.05, 0) is 72.6 Å². The van der Waals surface area contributed by atoms with E-state index in [-0.39, 0.29) is 54.0 Å². The first-order chi connectivity index (χ1) is 24.0. The summed E-state index contributed by atoms with van der Waals surface area (Å²) in [4.78, 5) is 21.5. The number of thiophene rings is 1. The maximum atomic E-state index is 12.2. The molecule has 1 aliphatic rings. The average Bonchev–Trinajstić information content (AvgIpc) is 3.81. The molecule has 2 aromatic carbocycles. The van der Waals surface area contributed by atoms with Crippen LogP contribution in [-0.2, 0) is 30.3 Å². The van der Waals surface area contributed by atoms with Gasteiger partial charge in [-0.15, -0.1) is 23.6 Å². The fraction of sp³-hybridized carbons (Fsp3) is 0.523. The zero-order chi connectivity index (χ0) is 37.5. The smallest absolute Gasteiger partial charge is 0.223 e. The van der Waals surface area contributed by atoms with Crippen molar-refractivity contribution in [1.29, 1.82) is 0 Å². The van der Waals surface area contributed by atoms with Crippen molar-refractivity contribution in [2.24, 2.45) is 16.7 Å². The normalized spacial score (nSPS) is 16.5. The summed E-state index contributed by atoms with van der Waals surface area (Å²) in [5.41, 5.74) is 5.27. The number of furan rings is 1. The number of aliphatic hydroxyl groups is 1. The first-order valence-electron chi connectivity index (χ1n) is 18.8. The van der Waals surface area contributed by atoms with E-state index in [0.717, 1.165) is 70.9 Å². The van der Waals surface area contributed by atoms with Crippen molar-refractivity contribution in [1.82, 2.24) is 9.97 Å². The van der Waals surface area contributed by atoms with Crippen molar-refractivity contribution >= 4 is 49.3 Å². The zero-order valence-electron chi connectivity index (χ0n) is 33.1. The fourth-order valence-electron chi connectivity index (χ4n) is 7.08. The molecule has 0 fully saturated rings. The molecule has 0 spiro atoms.